The molecule has 0 atom stereocenters. The number of hydrogen-bond acceptors (Lipinski definition) is 6. The molecular weight excluding hydrogens is 351 g/mol. The van der Waals surface area contributed by atoms with Crippen LogP contribution in [0.15, 0.2) is 41.3 Å². The molecule has 0 aliphatic heterocycles. The van der Waals surface area contributed by atoms with Crippen LogP contribution in [0.5, 0.6) is 5.75 Å². The van der Waals surface area contributed by atoms with Gasteiger partial charge in [0.05, 0.1) is 10.7 Å². The third-order valence-electron chi connectivity index (χ3n) is 2.37. The summed E-state index contributed by atoms with van der Waals surface area (Å²) < 4.78 is 5.07. The molecule has 1 aromatic heterocycles. The van der Waals surface area contributed by atoms with Gasteiger partial charge in [0, 0.05) is 17.0 Å². The van der Waals surface area contributed by atoms with Crippen molar-refractivity contribution in [2.45, 2.75) is 4.90 Å². The lowest BCUT2D eigenvalue weighted by Crippen LogP contribution is -2.10. The maximum absolute atomic E-state index is 11.7. The number of esters is 1. The lowest BCUT2D eigenvalue weighted by Gasteiger charge is -2.04. The van der Waals surface area contributed by atoms with E-state index >= 15 is 0 Å². The van der Waals surface area contributed by atoms with Crippen molar-refractivity contribution in [3.8, 4) is 5.75 Å². The predicted octanol–water partition coefficient (Wildman–Crippen LogP) is 3.99. The molecule has 1 aromatic carbocycles. The fourth-order valence-corrected chi connectivity index (χ4v) is 2.79. The Morgan fingerprint density at radius 1 is 1.23 bits per heavy atom. The molecule has 0 aliphatic carbocycles. The SMILES string of the molecule is O=C(CSc1cc(Cl)nc(Cl)c1)Oc1ccc([N+](=O)[O-])cc1. The molecule has 22 heavy (non-hydrogen) atoms. The molecule has 1 heterocycles. The van der Waals surface area contributed by atoms with Crippen LogP contribution in [0.25, 0.3) is 0 Å². The number of non-ortho nitro benzene ring substituents is 1. The summed E-state index contributed by atoms with van der Waals surface area (Å²) in [6.07, 6.45) is 0. The van der Waals surface area contributed by atoms with Crippen LogP contribution in [0.1, 0.15) is 0 Å². The van der Waals surface area contributed by atoms with E-state index in [1.54, 1.807) is 12.1 Å². The van der Waals surface area contributed by atoms with Crippen molar-refractivity contribution in [1.29, 1.82) is 0 Å². The number of halogens is 2. The second kappa shape index (κ2) is 7.44. The van der Waals surface area contributed by atoms with Crippen molar-refractivity contribution in [2.75, 3.05) is 5.75 Å². The fraction of sp³-hybridized carbons (Fsp3) is 0.0769. The molecule has 9 heteroatoms. The third kappa shape index (κ3) is 4.87. The van der Waals surface area contributed by atoms with Crippen molar-refractivity contribution in [1.82, 2.24) is 4.98 Å². The van der Waals surface area contributed by atoms with Gasteiger partial charge in [0.2, 0.25) is 0 Å². The Morgan fingerprint density at radius 3 is 2.36 bits per heavy atom. The first-order valence-electron chi connectivity index (χ1n) is 5.85. The van der Waals surface area contributed by atoms with Gasteiger partial charge in [0.1, 0.15) is 16.1 Å². The Morgan fingerprint density at radius 2 is 1.82 bits per heavy atom. The van der Waals surface area contributed by atoms with Gasteiger partial charge in [-0.1, -0.05) is 23.2 Å². The minimum atomic E-state index is -0.529. The monoisotopic (exact) mass is 358 g/mol. The highest BCUT2D eigenvalue weighted by Crippen LogP contribution is 2.24. The van der Waals surface area contributed by atoms with Gasteiger partial charge in [0.25, 0.3) is 5.69 Å². The molecule has 0 radical (unpaired) electrons. The average Bonchev–Trinajstić information content (AvgIpc) is 2.45. The zero-order chi connectivity index (χ0) is 16.1. The molecule has 2 rings (SSSR count). The Labute approximate surface area is 139 Å². The van der Waals surface area contributed by atoms with Crippen LogP contribution in [-0.4, -0.2) is 21.6 Å². The molecule has 0 saturated heterocycles. The number of carbonyl (C=O) groups is 1. The third-order valence-corrected chi connectivity index (χ3v) is 3.71. The summed E-state index contributed by atoms with van der Waals surface area (Å²) in [7, 11) is 0. The lowest BCUT2D eigenvalue weighted by molar-refractivity contribution is -0.384. The van der Waals surface area contributed by atoms with E-state index in [9.17, 15) is 14.9 Å². The highest BCUT2D eigenvalue weighted by atomic mass is 35.5. The second-order valence-corrected chi connectivity index (χ2v) is 5.79. The highest BCUT2D eigenvalue weighted by molar-refractivity contribution is 8.00. The van der Waals surface area contributed by atoms with E-state index in [0.717, 1.165) is 0 Å². The van der Waals surface area contributed by atoms with Gasteiger partial charge >= 0.3 is 5.97 Å². The van der Waals surface area contributed by atoms with E-state index in [2.05, 4.69) is 4.98 Å². The number of rotatable bonds is 5. The number of hydrogen-bond donors (Lipinski definition) is 0. The summed E-state index contributed by atoms with van der Waals surface area (Å²) in [6.45, 7) is 0. The smallest absolute Gasteiger partial charge is 0.321 e. The minimum absolute atomic E-state index is 0.0354. The first kappa shape index (κ1) is 16.5. The van der Waals surface area contributed by atoms with Crippen molar-refractivity contribution in [3.05, 3.63) is 56.8 Å². The van der Waals surface area contributed by atoms with E-state index in [1.807, 2.05) is 0 Å². The fourth-order valence-electron chi connectivity index (χ4n) is 1.47. The Hall–Kier alpha value is -1.83. The van der Waals surface area contributed by atoms with E-state index in [-0.39, 0.29) is 27.5 Å². The van der Waals surface area contributed by atoms with Crippen LogP contribution < -0.4 is 4.74 Å². The minimum Gasteiger partial charge on any atom is -0.426 e. The molecule has 2 aromatic rings. The van der Waals surface area contributed by atoms with Gasteiger partial charge in [-0.3, -0.25) is 14.9 Å². The number of thioether (sulfide) groups is 1. The van der Waals surface area contributed by atoms with Crippen molar-refractivity contribution >= 4 is 46.6 Å². The van der Waals surface area contributed by atoms with Crippen molar-refractivity contribution in [2.24, 2.45) is 0 Å². The standard InChI is InChI=1S/C13H8Cl2N2O4S/c14-11-5-10(6-12(15)16-11)22-7-13(18)21-9-3-1-8(2-4-9)17(19)20/h1-6H,7H2. The van der Waals surface area contributed by atoms with Crippen molar-refractivity contribution < 1.29 is 14.5 Å². The van der Waals surface area contributed by atoms with Crippen molar-refractivity contribution in [3.63, 3.8) is 0 Å². The van der Waals surface area contributed by atoms with E-state index in [1.165, 1.54) is 36.0 Å². The molecule has 0 aliphatic rings. The molecule has 0 N–H and O–H groups in total. The molecule has 0 spiro atoms. The zero-order valence-electron chi connectivity index (χ0n) is 10.9. The van der Waals surface area contributed by atoms with Crippen LogP contribution >= 0.6 is 35.0 Å². The first-order valence-corrected chi connectivity index (χ1v) is 7.59. The summed E-state index contributed by atoms with van der Waals surface area (Å²) in [6, 6.07) is 8.41. The second-order valence-electron chi connectivity index (χ2n) is 3.96. The van der Waals surface area contributed by atoms with Gasteiger partial charge in [-0.15, -0.1) is 11.8 Å². The summed E-state index contributed by atoms with van der Waals surface area (Å²) >= 11 is 12.7. The van der Waals surface area contributed by atoms with Gasteiger partial charge in [0.15, 0.2) is 0 Å². The highest BCUT2D eigenvalue weighted by Gasteiger charge is 2.09. The zero-order valence-corrected chi connectivity index (χ0v) is 13.2. The predicted molar refractivity (Wildman–Crippen MR) is 83.7 cm³/mol. The Balaban J connectivity index is 1.91. The molecule has 0 unspecified atom stereocenters. The van der Waals surface area contributed by atoms with E-state index in [0.29, 0.717) is 4.90 Å². The molecule has 114 valence electrons. The maximum Gasteiger partial charge on any atom is 0.321 e. The summed E-state index contributed by atoms with van der Waals surface area (Å²) in [5.41, 5.74) is -0.0738. The molecule has 6 nitrogen and oxygen atoms in total. The number of ether oxygens (including phenoxy) is 1. The summed E-state index contributed by atoms with van der Waals surface area (Å²) in [5.74, 6) is -0.224. The topological polar surface area (TPSA) is 82.3 Å². The first-order chi connectivity index (χ1) is 10.4. The molecule has 0 bridgehead atoms. The Bertz CT molecular complexity index is 689. The number of benzene rings is 1. The molecule has 0 amide bonds. The number of aromatic nitrogens is 1. The van der Waals surface area contributed by atoms with Gasteiger partial charge < -0.3 is 4.74 Å². The lowest BCUT2D eigenvalue weighted by atomic mass is 10.3. The van der Waals surface area contributed by atoms with Crippen LogP contribution in [0, 0.1) is 10.1 Å². The Kier molecular flexibility index (Phi) is 5.59. The molecular formula is C13H8Cl2N2O4S. The number of nitrogens with zero attached hydrogens (tertiary/aromatic N) is 2. The quantitative estimate of drug-likeness (QED) is 0.200. The van der Waals surface area contributed by atoms with E-state index in [4.69, 9.17) is 27.9 Å². The summed E-state index contributed by atoms with van der Waals surface area (Å²) in [4.78, 5) is 26.2. The van der Waals surface area contributed by atoms with Crippen LogP contribution in [0.4, 0.5) is 5.69 Å². The van der Waals surface area contributed by atoms with Gasteiger partial charge in [-0.25, -0.2) is 4.98 Å². The molecule has 0 saturated carbocycles. The van der Waals surface area contributed by atoms with E-state index < -0.39 is 10.9 Å². The normalized spacial score (nSPS) is 10.3. The number of carbonyl (C=O) groups excluding carboxylic acids is 1. The largest absolute Gasteiger partial charge is 0.426 e. The number of nitro benzene ring substituents is 1. The molecule has 0 fully saturated rings. The van der Waals surface area contributed by atoms with Gasteiger partial charge in [-0.05, 0) is 24.3 Å². The van der Waals surface area contributed by atoms with Crippen LogP contribution in [0.2, 0.25) is 10.3 Å². The maximum atomic E-state index is 11.7. The van der Waals surface area contributed by atoms with Gasteiger partial charge in [-0.2, -0.15) is 0 Å². The summed E-state index contributed by atoms with van der Waals surface area (Å²) in [5, 5.41) is 11.0. The average molecular weight is 359 g/mol. The van der Waals surface area contributed by atoms with Crippen LogP contribution in [-0.2, 0) is 4.79 Å². The van der Waals surface area contributed by atoms with Crippen LogP contribution in [0.3, 0.4) is 0 Å². The number of pyridine rings is 1. The number of nitro groups is 1.